The van der Waals surface area contributed by atoms with Crippen LogP contribution in [-0.2, 0) is 16.1 Å². The van der Waals surface area contributed by atoms with E-state index in [4.69, 9.17) is 14.0 Å². The Kier molecular flexibility index (Phi) is 5.80. The van der Waals surface area contributed by atoms with Crippen LogP contribution in [0.5, 0.6) is 5.75 Å². The Morgan fingerprint density at radius 3 is 2.60 bits per heavy atom. The molecule has 156 valence electrons. The monoisotopic (exact) mass is 410 g/mol. The van der Waals surface area contributed by atoms with Gasteiger partial charge in [0.1, 0.15) is 12.3 Å². The Bertz CT molecular complexity index is 1070. The van der Waals surface area contributed by atoms with Gasteiger partial charge in [0.05, 0.1) is 31.7 Å². The number of nitrogens with one attached hydrogen (secondary N) is 1. The minimum atomic E-state index is -0.697. The minimum Gasteiger partial charge on any atom is -0.497 e. The predicted octanol–water partition coefficient (Wildman–Crippen LogP) is 1.99. The van der Waals surface area contributed by atoms with Gasteiger partial charge in [0, 0.05) is 18.7 Å². The third-order valence-corrected chi connectivity index (χ3v) is 4.87. The second kappa shape index (κ2) is 8.83. The van der Waals surface area contributed by atoms with Crippen molar-refractivity contribution in [3.8, 4) is 17.1 Å². The van der Waals surface area contributed by atoms with Crippen molar-refractivity contribution in [1.82, 2.24) is 9.72 Å². The number of ether oxygens (including phenoxy) is 2. The number of carbonyl (C=O) groups is 1. The van der Waals surface area contributed by atoms with Gasteiger partial charge in [-0.25, -0.2) is 9.36 Å². The van der Waals surface area contributed by atoms with Crippen molar-refractivity contribution < 1.29 is 18.8 Å². The highest BCUT2D eigenvalue weighted by molar-refractivity contribution is 5.94. The quantitative estimate of drug-likeness (QED) is 0.663. The fourth-order valence-corrected chi connectivity index (χ4v) is 3.35. The number of hydrogen-bond donors (Lipinski definition) is 1. The zero-order valence-corrected chi connectivity index (χ0v) is 16.5. The highest BCUT2D eigenvalue weighted by atomic mass is 16.5. The van der Waals surface area contributed by atoms with E-state index in [0.717, 1.165) is 18.8 Å². The molecule has 0 unspecified atom stereocenters. The average molecular weight is 410 g/mol. The summed E-state index contributed by atoms with van der Waals surface area (Å²) >= 11 is 0. The van der Waals surface area contributed by atoms with Gasteiger partial charge in [-0.1, -0.05) is 17.3 Å². The molecule has 1 aliphatic rings. The highest BCUT2D eigenvalue weighted by Gasteiger charge is 2.19. The fraction of sp³-hybridized carbons (Fsp3) is 0.286. The Labute approximate surface area is 172 Å². The summed E-state index contributed by atoms with van der Waals surface area (Å²) in [6, 6.07) is 14.6. The van der Waals surface area contributed by atoms with E-state index in [0.29, 0.717) is 30.2 Å². The number of hydrogen-bond acceptors (Lipinski definition) is 7. The van der Waals surface area contributed by atoms with Gasteiger partial charge < -0.3 is 19.7 Å². The number of benzene rings is 2. The highest BCUT2D eigenvalue weighted by Crippen LogP contribution is 2.26. The number of nitrogens with zero attached hydrogens (tertiary/aromatic N) is 3. The maximum absolute atomic E-state index is 12.7. The second-order valence-corrected chi connectivity index (χ2v) is 6.75. The largest absolute Gasteiger partial charge is 0.497 e. The SMILES string of the molecule is COc1ccc(-c2noc(=O)n2CC(=O)Nc2ccccc2N2CCOCC2)cc1. The van der Waals surface area contributed by atoms with Crippen molar-refractivity contribution in [2.24, 2.45) is 0 Å². The van der Waals surface area contributed by atoms with Gasteiger partial charge in [-0.05, 0) is 36.4 Å². The lowest BCUT2D eigenvalue weighted by molar-refractivity contribution is -0.116. The van der Waals surface area contributed by atoms with Crippen LogP contribution >= 0.6 is 0 Å². The Morgan fingerprint density at radius 2 is 1.87 bits per heavy atom. The number of para-hydroxylation sites is 2. The summed E-state index contributed by atoms with van der Waals surface area (Å²) in [5, 5.41) is 6.72. The van der Waals surface area contributed by atoms with E-state index in [1.807, 2.05) is 24.3 Å². The van der Waals surface area contributed by atoms with Crippen molar-refractivity contribution in [1.29, 1.82) is 0 Å². The van der Waals surface area contributed by atoms with Gasteiger partial charge in [0.25, 0.3) is 0 Å². The number of methoxy groups -OCH3 is 1. The fourth-order valence-electron chi connectivity index (χ4n) is 3.35. The van der Waals surface area contributed by atoms with Crippen LogP contribution in [0.15, 0.2) is 57.8 Å². The smallest absolute Gasteiger partial charge is 0.442 e. The first-order valence-electron chi connectivity index (χ1n) is 9.58. The molecule has 0 saturated carbocycles. The van der Waals surface area contributed by atoms with Crippen LogP contribution < -0.4 is 20.7 Å². The third-order valence-electron chi connectivity index (χ3n) is 4.87. The van der Waals surface area contributed by atoms with Gasteiger partial charge in [-0.2, -0.15) is 0 Å². The number of carbonyl (C=O) groups excluding carboxylic acids is 1. The summed E-state index contributed by atoms with van der Waals surface area (Å²) in [6.45, 7) is 2.56. The molecule has 1 aliphatic heterocycles. The maximum Gasteiger partial charge on any atom is 0.442 e. The first-order valence-corrected chi connectivity index (χ1v) is 9.58. The molecule has 3 aromatic rings. The van der Waals surface area contributed by atoms with Gasteiger partial charge in [0.2, 0.25) is 5.91 Å². The van der Waals surface area contributed by atoms with Crippen molar-refractivity contribution in [2.45, 2.75) is 6.54 Å². The van der Waals surface area contributed by atoms with Gasteiger partial charge in [-0.3, -0.25) is 9.32 Å². The first kappa shape index (κ1) is 19.7. The van der Waals surface area contributed by atoms with E-state index in [-0.39, 0.29) is 18.3 Å². The van der Waals surface area contributed by atoms with E-state index in [1.165, 1.54) is 4.57 Å². The van der Waals surface area contributed by atoms with Crippen LogP contribution in [0.1, 0.15) is 0 Å². The molecule has 2 aromatic carbocycles. The van der Waals surface area contributed by atoms with Gasteiger partial charge in [0.15, 0.2) is 5.82 Å². The van der Waals surface area contributed by atoms with E-state index in [9.17, 15) is 9.59 Å². The molecule has 1 fully saturated rings. The van der Waals surface area contributed by atoms with Crippen molar-refractivity contribution >= 4 is 17.3 Å². The molecule has 30 heavy (non-hydrogen) atoms. The number of aromatic nitrogens is 2. The summed E-state index contributed by atoms with van der Waals surface area (Å²) in [5.41, 5.74) is 2.24. The zero-order chi connectivity index (χ0) is 20.9. The molecule has 2 heterocycles. The normalized spacial score (nSPS) is 13.8. The van der Waals surface area contributed by atoms with Crippen molar-refractivity contribution in [3.63, 3.8) is 0 Å². The van der Waals surface area contributed by atoms with Crippen LogP contribution in [0.3, 0.4) is 0 Å². The third kappa shape index (κ3) is 4.20. The average Bonchev–Trinajstić information content (AvgIpc) is 3.14. The molecule has 1 amide bonds. The summed E-state index contributed by atoms with van der Waals surface area (Å²) in [4.78, 5) is 27.1. The molecule has 0 spiro atoms. The van der Waals surface area contributed by atoms with E-state index < -0.39 is 5.76 Å². The second-order valence-electron chi connectivity index (χ2n) is 6.75. The van der Waals surface area contributed by atoms with E-state index >= 15 is 0 Å². The van der Waals surface area contributed by atoms with Gasteiger partial charge >= 0.3 is 5.76 Å². The van der Waals surface area contributed by atoms with Crippen molar-refractivity contribution in [3.05, 3.63) is 59.1 Å². The van der Waals surface area contributed by atoms with E-state index in [1.54, 1.807) is 31.4 Å². The molecule has 0 atom stereocenters. The standard InChI is InChI=1S/C21H22N4O5/c1-28-16-8-6-15(7-9-16)20-23-30-21(27)25(20)14-19(26)22-17-4-2-3-5-18(17)24-10-12-29-13-11-24/h2-9H,10-14H2,1H3,(H,22,26). The molecular weight excluding hydrogens is 388 g/mol. The van der Waals surface area contributed by atoms with Gasteiger partial charge in [-0.15, -0.1) is 0 Å². The lowest BCUT2D eigenvalue weighted by Gasteiger charge is -2.30. The van der Waals surface area contributed by atoms with Crippen LogP contribution in [0.25, 0.3) is 11.4 Å². The lowest BCUT2D eigenvalue weighted by atomic mass is 10.2. The summed E-state index contributed by atoms with van der Waals surface area (Å²) in [6.07, 6.45) is 0. The van der Waals surface area contributed by atoms with Crippen LogP contribution in [0.4, 0.5) is 11.4 Å². The topological polar surface area (TPSA) is 98.8 Å². The Balaban J connectivity index is 1.53. The molecule has 9 heteroatoms. The number of anilines is 2. The molecule has 9 nitrogen and oxygen atoms in total. The molecule has 0 bridgehead atoms. The first-order chi connectivity index (χ1) is 14.7. The predicted molar refractivity (Wildman–Crippen MR) is 111 cm³/mol. The molecule has 0 aliphatic carbocycles. The molecule has 1 saturated heterocycles. The maximum atomic E-state index is 12.7. The number of morpholine rings is 1. The number of rotatable bonds is 6. The molecule has 1 N–H and O–H groups in total. The summed E-state index contributed by atoms with van der Waals surface area (Å²) in [5.74, 6) is -0.0962. The zero-order valence-electron chi connectivity index (χ0n) is 16.5. The minimum absolute atomic E-state index is 0.221. The Hall–Kier alpha value is -3.59. The Morgan fingerprint density at radius 1 is 1.13 bits per heavy atom. The molecule has 4 rings (SSSR count). The number of amides is 1. The summed E-state index contributed by atoms with van der Waals surface area (Å²) < 4.78 is 16.6. The lowest BCUT2D eigenvalue weighted by Crippen LogP contribution is -2.37. The van der Waals surface area contributed by atoms with Crippen LogP contribution in [-0.4, -0.2) is 49.0 Å². The van der Waals surface area contributed by atoms with E-state index in [2.05, 4.69) is 15.4 Å². The summed E-state index contributed by atoms with van der Waals surface area (Å²) in [7, 11) is 1.57. The van der Waals surface area contributed by atoms with Crippen LogP contribution in [0, 0.1) is 0 Å². The molecule has 0 radical (unpaired) electrons. The molecular formula is C21H22N4O5. The van der Waals surface area contributed by atoms with Crippen LogP contribution in [0.2, 0.25) is 0 Å². The molecule has 1 aromatic heterocycles. The van der Waals surface area contributed by atoms with Crippen molar-refractivity contribution in [2.75, 3.05) is 43.6 Å².